The van der Waals surface area contributed by atoms with Gasteiger partial charge in [-0.25, -0.2) is 0 Å². The van der Waals surface area contributed by atoms with Gasteiger partial charge in [0.25, 0.3) is 0 Å². The minimum Gasteiger partial charge on any atom is -0.391 e. The summed E-state index contributed by atoms with van der Waals surface area (Å²) in [5.41, 5.74) is 5.44. The van der Waals surface area contributed by atoms with Crippen molar-refractivity contribution in [2.75, 3.05) is 33.7 Å². The fraction of sp³-hybridized carbons (Fsp3) is 0.478. The monoisotopic (exact) mass is 367 g/mol. The van der Waals surface area contributed by atoms with Crippen LogP contribution in [-0.2, 0) is 5.60 Å². The summed E-state index contributed by atoms with van der Waals surface area (Å²) < 4.78 is 0. The molecule has 0 spiro atoms. The topological polar surface area (TPSA) is 47.5 Å². The van der Waals surface area contributed by atoms with Crippen LogP contribution in [0.5, 0.6) is 0 Å². The van der Waals surface area contributed by atoms with Gasteiger partial charge in [-0.1, -0.05) is 36.4 Å². The Balaban J connectivity index is 1.61. The van der Waals surface area contributed by atoms with Crippen LogP contribution in [0.4, 0.5) is 0 Å². The SMILES string of the molecule is CNC1=C(CNC2=CCC(c3cccc(C(C)(C)O)c3)C=C2)CN(C)CC1. The van der Waals surface area contributed by atoms with Gasteiger partial charge in [0.15, 0.2) is 0 Å². The molecule has 0 saturated heterocycles. The van der Waals surface area contributed by atoms with Crippen LogP contribution in [0, 0.1) is 0 Å². The molecule has 0 radical (unpaired) electrons. The minimum atomic E-state index is -0.803. The highest BCUT2D eigenvalue weighted by molar-refractivity contribution is 5.36. The number of benzene rings is 1. The summed E-state index contributed by atoms with van der Waals surface area (Å²) in [4.78, 5) is 2.37. The fourth-order valence-corrected chi connectivity index (χ4v) is 3.80. The molecule has 1 atom stereocenters. The van der Waals surface area contributed by atoms with Gasteiger partial charge in [-0.05, 0) is 56.5 Å². The summed E-state index contributed by atoms with van der Waals surface area (Å²) in [6.07, 6.45) is 8.82. The van der Waals surface area contributed by atoms with Crippen LogP contribution in [0.3, 0.4) is 0 Å². The first-order valence-corrected chi connectivity index (χ1v) is 9.89. The van der Waals surface area contributed by atoms with Crippen molar-refractivity contribution in [1.82, 2.24) is 15.5 Å². The Kier molecular flexibility index (Phi) is 6.08. The maximum Gasteiger partial charge on any atom is 0.0840 e. The second-order valence-electron chi connectivity index (χ2n) is 8.22. The molecule has 1 aliphatic heterocycles. The van der Waals surface area contributed by atoms with Crippen LogP contribution in [0.25, 0.3) is 0 Å². The van der Waals surface area contributed by atoms with E-state index in [9.17, 15) is 5.11 Å². The van der Waals surface area contributed by atoms with E-state index in [4.69, 9.17) is 0 Å². The minimum absolute atomic E-state index is 0.366. The number of hydrogen-bond acceptors (Lipinski definition) is 4. The number of rotatable bonds is 6. The molecule has 0 fully saturated rings. The Morgan fingerprint density at radius 1 is 1.30 bits per heavy atom. The van der Waals surface area contributed by atoms with Crippen LogP contribution < -0.4 is 10.6 Å². The van der Waals surface area contributed by atoms with E-state index < -0.39 is 5.60 Å². The van der Waals surface area contributed by atoms with Crippen molar-refractivity contribution in [3.05, 3.63) is 70.6 Å². The van der Waals surface area contributed by atoms with E-state index in [0.717, 1.165) is 38.0 Å². The first-order valence-electron chi connectivity index (χ1n) is 9.89. The van der Waals surface area contributed by atoms with Gasteiger partial charge in [0.1, 0.15) is 0 Å². The molecule has 3 rings (SSSR count). The van der Waals surface area contributed by atoms with Crippen molar-refractivity contribution in [2.24, 2.45) is 0 Å². The quantitative estimate of drug-likeness (QED) is 0.722. The Morgan fingerprint density at radius 3 is 2.78 bits per heavy atom. The van der Waals surface area contributed by atoms with E-state index in [-0.39, 0.29) is 0 Å². The molecular weight excluding hydrogens is 334 g/mol. The molecule has 1 aliphatic carbocycles. The largest absolute Gasteiger partial charge is 0.391 e. The average molecular weight is 368 g/mol. The van der Waals surface area contributed by atoms with Gasteiger partial charge in [-0.15, -0.1) is 0 Å². The predicted molar refractivity (Wildman–Crippen MR) is 112 cm³/mol. The van der Waals surface area contributed by atoms with Crippen molar-refractivity contribution < 1.29 is 5.11 Å². The number of nitrogens with zero attached hydrogens (tertiary/aromatic N) is 1. The first kappa shape index (κ1) is 19.7. The number of likely N-dealkylation sites (N-methyl/N-ethyl adjacent to an activating group) is 1. The van der Waals surface area contributed by atoms with E-state index >= 15 is 0 Å². The molecule has 1 unspecified atom stereocenters. The lowest BCUT2D eigenvalue weighted by Crippen LogP contribution is -2.35. The van der Waals surface area contributed by atoms with E-state index in [1.165, 1.54) is 22.5 Å². The maximum absolute atomic E-state index is 10.3. The lowest BCUT2D eigenvalue weighted by molar-refractivity contribution is 0.0785. The number of hydrogen-bond donors (Lipinski definition) is 3. The van der Waals surface area contributed by atoms with Gasteiger partial charge >= 0.3 is 0 Å². The smallest absolute Gasteiger partial charge is 0.0840 e. The molecule has 4 heteroatoms. The summed E-state index contributed by atoms with van der Waals surface area (Å²) in [6.45, 7) is 6.69. The third-order valence-electron chi connectivity index (χ3n) is 5.56. The van der Waals surface area contributed by atoms with Crippen LogP contribution >= 0.6 is 0 Å². The molecule has 2 aliphatic rings. The van der Waals surface area contributed by atoms with Gasteiger partial charge < -0.3 is 20.6 Å². The zero-order valence-corrected chi connectivity index (χ0v) is 17.0. The highest BCUT2D eigenvalue weighted by atomic mass is 16.3. The number of aliphatic hydroxyl groups is 1. The number of allylic oxidation sites excluding steroid dienone is 3. The zero-order valence-electron chi connectivity index (χ0n) is 17.0. The lowest BCUT2D eigenvalue weighted by Gasteiger charge is -2.28. The highest BCUT2D eigenvalue weighted by Gasteiger charge is 2.19. The summed E-state index contributed by atoms with van der Waals surface area (Å²) in [6, 6.07) is 8.31. The predicted octanol–water partition coefficient (Wildman–Crippen LogP) is 3.24. The molecule has 4 nitrogen and oxygen atoms in total. The van der Waals surface area contributed by atoms with Crippen LogP contribution in [0.15, 0.2) is 59.5 Å². The summed E-state index contributed by atoms with van der Waals surface area (Å²) in [5, 5.41) is 17.2. The molecule has 1 heterocycles. The first-order chi connectivity index (χ1) is 12.9. The van der Waals surface area contributed by atoms with Gasteiger partial charge in [0.2, 0.25) is 0 Å². The molecule has 3 N–H and O–H groups in total. The summed E-state index contributed by atoms with van der Waals surface area (Å²) in [7, 11) is 4.20. The fourth-order valence-electron chi connectivity index (χ4n) is 3.80. The van der Waals surface area contributed by atoms with Gasteiger partial charge in [0, 0.05) is 44.0 Å². The summed E-state index contributed by atoms with van der Waals surface area (Å²) in [5.74, 6) is 0.366. The van der Waals surface area contributed by atoms with E-state index in [1.54, 1.807) is 0 Å². The second-order valence-corrected chi connectivity index (χ2v) is 8.22. The zero-order chi connectivity index (χ0) is 19.4. The van der Waals surface area contributed by atoms with E-state index in [2.05, 4.69) is 52.9 Å². The Hall–Kier alpha value is -2.04. The van der Waals surface area contributed by atoms with Gasteiger partial charge in [-0.3, -0.25) is 0 Å². The van der Waals surface area contributed by atoms with E-state index in [1.807, 2.05) is 33.0 Å². The molecule has 146 valence electrons. The molecule has 0 saturated carbocycles. The third kappa shape index (κ3) is 5.02. The van der Waals surface area contributed by atoms with Crippen molar-refractivity contribution in [2.45, 2.75) is 38.2 Å². The molecule has 27 heavy (non-hydrogen) atoms. The van der Waals surface area contributed by atoms with Crippen LogP contribution in [0.2, 0.25) is 0 Å². The Bertz CT molecular complexity index is 755. The van der Waals surface area contributed by atoms with Crippen molar-refractivity contribution in [3.8, 4) is 0 Å². The van der Waals surface area contributed by atoms with E-state index in [0.29, 0.717) is 5.92 Å². The Morgan fingerprint density at radius 2 is 2.11 bits per heavy atom. The Labute approximate surface area is 163 Å². The molecule has 1 aromatic rings. The average Bonchev–Trinajstić information content (AvgIpc) is 2.66. The lowest BCUT2D eigenvalue weighted by atomic mass is 9.88. The maximum atomic E-state index is 10.3. The van der Waals surface area contributed by atoms with Gasteiger partial charge in [-0.2, -0.15) is 0 Å². The van der Waals surface area contributed by atoms with Crippen LogP contribution in [0.1, 0.15) is 43.7 Å². The number of nitrogens with one attached hydrogen (secondary N) is 2. The van der Waals surface area contributed by atoms with Gasteiger partial charge in [0.05, 0.1) is 5.60 Å². The van der Waals surface area contributed by atoms with Crippen LogP contribution in [-0.4, -0.2) is 43.7 Å². The third-order valence-corrected chi connectivity index (χ3v) is 5.56. The van der Waals surface area contributed by atoms with Crippen molar-refractivity contribution >= 4 is 0 Å². The van der Waals surface area contributed by atoms with Crippen molar-refractivity contribution in [1.29, 1.82) is 0 Å². The molecule has 0 aromatic heterocycles. The molecular formula is C23H33N3O. The molecule has 1 aromatic carbocycles. The normalized spacial score (nSPS) is 21.2. The second kappa shape index (κ2) is 8.32. The standard InChI is InChI=1S/C23H33N3O/c1-23(2,27)20-7-5-6-18(14-20)17-8-10-21(11-9-17)25-15-19-16-26(4)13-12-22(19)24-3/h5-8,10-11,14,17,24-25,27H,9,12-13,15-16H2,1-4H3. The summed E-state index contributed by atoms with van der Waals surface area (Å²) >= 11 is 0. The molecule has 0 amide bonds. The van der Waals surface area contributed by atoms with Crippen molar-refractivity contribution in [3.63, 3.8) is 0 Å². The highest BCUT2D eigenvalue weighted by Crippen LogP contribution is 2.29. The molecule has 0 bridgehead atoms.